The Balaban J connectivity index is 1.58. The summed E-state index contributed by atoms with van der Waals surface area (Å²) in [6, 6.07) is 24.5. The molecule has 6 nitrogen and oxygen atoms in total. The summed E-state index contributed by atoms with van der Waals surface area (Å²) >= 11 is 0. The van der Waals surface area contributed by atoms with E-state index in [1.807, 2.05) is 65.2 Å². The third-order valence-electron chi connectivity index (χ3n) is 4.56. The Labute approximate surface area is 168 Å². The molecular weight excluding hydrogens is 366 g/mol. The predicted octanol–water partition coefficient (Wildman–Crippen LogP) is 4.38. The van der Waals surface area contributed by atoms with Crippen molar-refractivity contribution in [1.82, 2.24) is 9.55 Å². The van der Waals surface area contributed by atoms with Gasteiger partial charge in [-0.3, -0.25) is 10.1 Å². The van der Waals surface area contributed by atoms with Gasteiger partial charge in [-0.25, -0.2) is 4.98 Å². The molecule has 0 saturated heterocycles. The lowest BCUT2D eigenvalue weighted by atomic mass is 10.2. The molecule has 0 radical (unpaired) electrons. The van der Waals surface area contributed by atoms with E-state index in [0.29, 0.717) is 30.4 Å². The number of hydrogen-bond donors (Lipinski definition) is 1. The fourth-order valence-electron chi connectivity index (χ4n) is 3.17. The average molecular weight is 387 g/mol. The SMILES string of the molecule is COc1ccccc1C(=O)Nc1nc2ccccc2n1CCOc1ccccc1. The molecule has 0 aliphatic carbocycles. The first kappa shape index (κ1) is 18.6. The molecule has 146 valence electrons. The van der Waals surface area contributed by atoms with E-state index >= 15 is 0 Å². The number of hydrogen-bond acceptors (Lipinski definition) is 4. The topological polar surface area (TPSA) is 65.4 Å². The van der Waals surface area contributed by atoms with Crippen LogP contribution < -0.4 is 14.8 Å². The van der Waals surface area contributed by atoms with Crippen molar-refractivity contribution in [2.75, 3.05) is 19.0 Å². The van der Waals surface area contributed by atoms with Crippen LogP contribution in [0.4, 0.5) is 5.95 Å². The molecule has 3 aromatic carbocycles. The second-order valence-electron chi connectivity index (χ2n) is 6.39. The van der Waals surface area contributed by atoms with E-state index in [1.165, 1.54) is 0 Å². The van der Waals surface area contributed by atoms with Gasteiger partial charge in [0.05, 0.1) is 30.3 Å². The van der Waals surface area contributed by atoms with E-state index in [1.54, 1.807) is 25.3 Å². The number of anilines is 1. The highest BCUT2D eigenvalue weighted by atomic mass is 16.5. The second-order valence-corrected chi connectivity index (χ2v) is 6.39. The van der Waals surface area contributed by atoms with Crippen LogP contribution in [0.1, 0.15) is 10.4 Å². The van der Waals surface area contributed by atoms with Gasteiger partial charge in [0.2, 0.25) is 5.95 Å². The molecule has 1 heterocycles. The van der Waals surface area contributed by atoms with Crippen molar-refractivity contribution in [2.45, 2.75) is 6.54 Å². The number of nitrogens with one attached hydrogen (secondary N) is 1. The first-order chi connectivity index (χ1) is 14.3. The molecule has 0 bridgehead atoms. The van der Waals surface area contributed by atoms with Crippen molar-refractivity contribution >= 4 is 22.9 Å². The molecular formula is C23H21N3O3. The van der Waals surface area contributed by atoms with Crippen LogP contribution in [-0.4, -0.2) is 29.2 Å². The van der Waals surface area contributed by atoms with Crippen LogP contribution in [0.5, 0.6) is 11.5 Å². The lowest BCUT2D eigenvalue weighted by Gasteiger charge is -2.12. The van der Waals surface area contributed by atoms with E-state index < -0.39 is 0 Å². The lowest BCUT2D eigenvalue weighted by Crippen LogP contribution is -2.18. The van der Waals surface area contributed by atoms with Gasteiger partial charge in [0.1, 0.15) is 18.1 Å². The molecule has 29 heavy (non-hydrogen) atoms. The van der Waals surface area contributed by atoms with E-state index in [0.717, 1.165) is 16.8 Å². The highest BCUT2D eigenvalue weighted by Crippen LogP contribution is 2.23. The van der Waals surface area contributed by atoms with Crippen molar-refractivity contribution in [1.29, 1.82) is 0 Å². The molecule has 1 amide bonds. The zero-order valence-electron chi connectivity index (χ0n) is 16.0. The standard InChI is InChI=1S/C23H21N3O3/c1-28-21-14-8-5-11-18(21)22(27)25-23-24-19-12-6-7-13-20(19)26(23)15-16-29-17-9-3-2-4-10-17/h2-14H,15-16H2,1H3,(H,24,25,27). The normalized spacial score (nSPS) is 10.7. The van der Waals surface area contributed by atoms with Crippen molar-refractivity contribution < 1.29 is 14.3 Å². The molecule has 0 unspecified atom stereocenters. The van der Waals surface area contributed by atoms with Crippen LogP contribution >= 0.6 is 0 Å². The van der Waals surface area contributed by atoms with E-state index in [9.17, 15) is 4.79 Å². The van der Waals surface area contributed by atoms with Crippen LogP contribution in [0.2, 0.25) is 0 Å². The summed E-state index contributed by atoms with van der Waals surface area (Å²) in [5.74, 6) is 1.51. The summed E-state index contributed by atoms with van der Waals surface area (Å²) in [5, 5.41) is 2.92. The number of nitrogens with zero attached hydrogens (tertiary/aromatic N) is 2. The number of amides is 1. The largest absolute Gasteiger partial charge is 0.496 e. The van der Waals surface area contributed by atoms with Crippen molar-refractivity contribution in [3.8, 4) is 11.5 Å². The highest BCUT2D eigenvalue weighted by molar-refractivity contribution is 6.06. The van der Waals surface area contributed by atoms with Crippen molar-refractivity contribution in [3.05, 3.63) is 84.4 Å². The van der Waals surface area contributed by atoms with Gasteiger partial charge in [-0.1, -0.05) is 42.5 Å². The Kier molecular flexibility index (Phi) is 5.42. The van der Waals surface area contributed by atoms with E-state index in [2.05, 4.69) is 10.3 Å². The summed E-state index contributed by atoms with van der Waals surface area (Å²) in [4.78, 5) is 17.4. The zero-order chi connectivity index (χ0) is 20.1. The lowest BCUT2D eigenvalue weighted by molar-refractivity contribution is 0.102. The zero-order valence-corrected chi connectivity index (χ0v) is 16.0. The Morgan fingerprint density at radius 3 is 2.52 bits per heavy atom. The summed E-state index contributed by atoms with van der Waals surface area (Å²) in [6.07, 6.45) is 0. The number of carbonyl (C=O) groups is 1. The van der Waals surface area contributed by atoms with Crippen LogP contribution in [-0.2, 0) is 6.54 Å². The van der Waals surface area contributed by atoms with Gasteiger partial charge in [-0.2, -0.15) is 0 Å². The third-order valence-corrected chi connectivity index (χ3v) is 4.56. The number of rotatable bonds is 7. The fraction of sp³-hybridized carbons (Fsp3) is 0.130. The summed E-state index contributed by atoms with van der Waals surface area (Å²) in [5.41, 5.74) is 2.19. The number of methoxy groups -OCH3 is 1. The van der Waals surface area contributed by atoms with Crippen molar-refractivity contribution in [2.24, 2.45) is 0 Å². The summed E-state index contributed by atoms with van der Waals surface area (Å²) in [6.45, 7) is 0.985. The first-order valence-corrected chi connectivity index (χ1v) is 9.34. The molecule has 0 saturated carbocycles. The highest BCUT2D eigenvalue weighted by Gasteiger charge is 2.17. The molecule has 0 spiro atoms. The molecule has 1 aromatic heterocycles. The second kappa shape index (κ2) is 8.48. The molecule has 0 aliphatic rings. The average Bonchev–Trinajstić information content (AvgIpc) is 3.11. The van der Waals surface area contributed by atoms with Crippen LogP contribution in [0.3, 0.4) is 0 Å². The molecule has 0 atom stereocenters. The molecule has 4 aromatic rings. The number of benzene rings is 3. The monoisotopic (exact) mass is 387 g/mol. The van der Waals surface area contributed by atoms with Crippen LogP contribution in [0, 0.1) is 0 Å². The Morgan fingerprint density at radius 2 is 1.69 bits per heavy atom. The number of aromatic nitrogens is 2. The summed E-state index contributed by atoms with van der Waals surface area (Å²) in [7, 11) is 1.54. The van der Waals surface area contributed by atoms with Gasteiger partial charge in [0.15, 0.2) is 0 Å². The number of ether oxygens (including phenoxy) is 2. The maximum Gasteiger partial charge on any atom is 0.261 e. The quantitative estimate of drug-likeness (QED) is 0.511. The Morgan fingerprint density at radius 1 is 0.966 bits per heavy atom. The van der Waals surface area contributed by atoms with Crippen LogP contribution in [0.15, 0.2) is 78.9 Å². The maximum absolute atomic E-state index is 12.8. The Bertz CT molecular complexity index is 1120. The van der Waals surface area contributed by atoms with Crippen molar-refractivity contribution in [3.63, 3.8) is 0 Å². The smallest absolute Gasteiger partial charge is 0.261 e. The summed E-state index contributed by atoms with van der Waals surface area (Å²) < 4.78 is 13.1. The van der Waals surface area contributed by atoms with Gasteiger partial charge in [-0.05, 0) is 36.4 Å². The van der Waals surface area contributed by atoms with Gasteiger partial charge >= 0.3 is 0 Å². The Hall–Kier alpha value is -3.80. The first-order valence-electron chi connectivity index (χ1n) is 9.34. The molecule has 4 rings (SSSR count). The molecule has 0 aliphatic heterocycles. The predicted molar refractivity (Wildman–Crippen MR) is 113 cm³/mol. The fourth-order valence-corrected chi connectivity index (χ4v) is 3.17. The third kappa shape index (κ3) is 4.06. The van der Waals surface area contributed by atoms with Gasteiger partial charge < -0.3 is 14.0 Å². The van der Waals surface area contributed by atoms with E-state index in [4.69, 9.17) is 9.47 Å². The maximum atomic E-state index is 12.8. The number of para-hydroxylation sites is 4. The number of imidazole rings is 1. The molecule has 1 N–H and O–H groups in total. The number of fused-ring (bicyclic) bond motifs is 1. The van der Waals surface area contributed by atoms with Gasteiger partial charge in [0, 0.05) is 0 Å². The minimum Gasteiger partial charge on any atom is -0.496 e. The van der Waals surface area contributed by atoms with Gasteiger partial charge in [0.25, 0.3) is 5.91 Å². The number of carbonyl (C=O) groups excluding carboxylic acids is 1. The molecule has 6 heteroatoms. The molecule has 0 fully saturated rings. The van der Waals surface area contributed by atoms with E-state index in [-0.39, 0.29) is 5.91 Å². The van der Waals surface area contributed by atoms with Crippen LogP contribution in [0.25, 0.3) is 11.0 Å². The van der Waals surface area contributed by atoms with Gasteiger partial charge in [-0.15, -0.1) is 0 Å². The minimum atomic E-state index is -0.275. The minimum absolute atomic E-state index is 0.275.